The van der Waals surface area contributed by atoms with Gasteiger partial charge in [0, 0.05) is 20.1 Å². The quantitative estimate of drug-likeness (QED) is 0.147. The van der Waals surface area contributed by atoms with Crippen molar-refractivity contribution >= 4 is 88.0 Å². The predicted molar refractivity (Wildman–Crippen MR) is 147 cm³/mol. The molecule has 0 spiro atoms. The number of ether oxygens (including phenoxy) is 2. The van der Waals surface area contributed by atoms with E-state index in [0.717, 1.165) is 8.95 Å². The largest absolute Gasteiger partial charge is 0.488 e. The van der Waals surface area contributed by atoms with Gasteiger partial charge in [0.1, 0.15) is 24.7 Å². The molecule has 2 rings (SSSR count). The van der Waals surface area contributed by atoms with Crippen LogP contribution in [0.2, 0.25) is 0 Å². The first kappa shape index (κ1) is 28.0. The number of hydrogen-bond donors (Lipinski definition) is 2. The van der Waals surface area contributed by atoms with Gasteiger partial charge in [-0.25, -0.2) is 10.9 Å². The minimum Gasteiger partial charge on any atom is -0.488 e. The lowest BCUT2D eigenvalue weighted by molar-refractivity contribution is -0.139. The molecule has 0 aliphatic carbocycles. The molecule has 0 aromatic heterocycles. The molecule has 2 N–H and O–H groups in total. The molecule has 0 radical (unpaired) electrons. The number of hydrazone groups is 2. The van der Waals surface area contributed by atoms with Crippen LogP contribution in [0.4, 0.5) is 0 Å². The molecule has 0 aliphatic rings. The number of halogens is 4. The van der Waals surface area contributed by atoms with Crippen LogP contribution in [0.25, 0.3) is 0 Å². The fraction of sp³-hybridized carbons (Fsp3) is 0.0909. The zero-order chi connectivity index (χ0) is 25.1. The summed E-state index contributed by atoms with van der Waals surface area (Å²) in [5.74, 6) is -1.00. The normalized spacial score (nSPS) is 10.8. The zero-order valence-corrected chi connectivity index (χ0v) is 23.8. The minimum absolute atomic E-state index is 0.280. The van der Waals surface area contributed by atoms with Gasteiger partial charge in [-0.15, -0.1) is 0 Å². The van der Waals surface area contributed by atoms with Crippen LogP contribution >= 0.6 is 63.7 Å². The second-order valence-corrected chi connectivity index (χ2v) is 9.75. The summed E-state index contributed by atoms with van der Waals surface area (Å²) >= 11 is 13.6. The summed E-state index contributed by atoms with van der Waals surface area (Å²) < 4.78 is 14.1. The van der Waals surface area contributed by atoms with Gasteiger partial charge in [0.2, 0.25) is 0 Å². The molecule has 2 amide bonds. The van der Waals surface area contributed by atoms with Gasteiger partial charge in [0.25, 0.3) is 0 Å². The van der Waals surface area contributed by atoms with Crippen molar-refractivity contribution in [1.29, 1.82) is 0 Å². The van der Waals surface area contributed by atoms with Crippen molar-refractivity contribution in [3.63, 3.8) is 0 Å². The maximum atomic E-state index is 12.1. The van der Waals surface area contributed by atoms with E-state index in [2.05, 4.69) is 97.9 Å². The van der Waals surface area contributed by atoms with E-state index in [9.17, 15) is 9.59 Å². The summed E-state index contributed by atoms with van der Waals surface area (Å²) in [5, 5.41) is 7.65. The van der Waals surface area contributed by atoms with Crippen LogP contribution in [-0.2, 0) is 9.59 Å². The Morgan fingerprint density at radius 3 is 1.50 bits per heavy atom. The average Bonchev–Trinajstić information content (AvgIpc) is 2.77. The molecule has 2 aromatic rings. The Morgan fingerprint density at radius 1 is 0.765 bits per heavy atom. The lowest BCUT2D eigenvalue weighted by Gasteiger charge is -2.10. The van der Waals surface area contributed by atoms with Gasteiger partial charge >= 0.3 is 11.8 Å². The topological polar surface area (TPSA) is 101 Å². The number of benzene rings is 2. The monoisotopic (exact) mass is 718 g/mol. The Morgan fingerprint density at radius 2 is 1.15 bits per heavy atom. The number of carbonyl (C=O) groups excluding carboxylic acids is 2. The first-order chi connectivity index (χ1) is 16.3. The Kier molecular flexibility index (Phi) is 11.7. The number of hydrogen-bond acceptors (Lipinski definition) is 6. The van der Waals surface area contributed by atoms with Gasteiger partial charge in [-0.3, -0.25) is 9.59 Å². The summed E-state index contributed by atoms with van der Waals surface area (Å²) in [6, 6.07) is 7.09. The predicted octanol–water partition coefficient (Wildman–Crippen LogP) is 5.47. The second kappa shape index (κ2) is 14.2. The van der Waals surface area contributed by atoms with E-state index in [1.165, 1.54) is 12.4 Å². The number of nitrogens with one attached hydrogen (secondary N) is 2. The molecule has 8 nitrogen and oxygen atoms in total. The van der Waals surface area contributed by atoms with Crippen molar-refractivity contribution in [2.24, 2.45) is 10.2 Å². The van der Waals surface area contributed by atoms with Gasteiger partial charge in [-0.05, 0) is 56.1 Å². The zero-order valence-electron chi connectivity index (χ0n) is 17.5. The van der Waals surface area contributed by atoms with Crippen molar-refractivity contribution in [2.75, 3.05) is 13.2 Å². The van der Waals surface area contributed by atoms with Gasteiger partial charge in [0.15, 0.2) is 0 Å². The number of carbonyl (C=O) groups is 2. The molecule has 0 saturated carbocycles. The van der Waals surface area contributed by atoms with Crippen molar-refractivity contribution in [1.82, 2.24) is 10.9 Å². The van der Waals surface area contributed by atoms with Crippen molar-refractivity contribution in [2.45, 2.75) is 0 Å². The van der Waals surface area contributed by atoms with Crippen LogP contribution in [0, 0.1) is 0 Å². The lowest BCUT2D eigenvalue weighted by atomic mass is 10.2. The molecule has 12 heteroatoms. The van der Waals surface area contributed by atoms with Gasteiger partial charge in [0.05, 0.1) is 21.4 Å². The second-order valence-electron chi connectivity index (χ2n) is 6.21. The van der Waals surface area contributed by atoms with Gasteiger partial charge in [-0.2, -0.15) is 10.2 Å². The van der Waals surface area contributed by atoms with E-state index < -0.39 is 11.8 Å². The lowest BCUT2D eigenvalue weighted by Crippen LogP contribution is -2.35. The van der Waals surface area contributed by atoms with E-state index in [1.54, 1.807) is 36.4 Å². The Hall–Kier alpha value is -2.28. The minimum atomic E-state index is -1.01. The van der Waals surface area contributed by atoms with E-state index in [-0.39, 0.29) is 13.2 Å². The van der Waals surface area contributed by atoms with E-state index in [1.807, 2.05) is 0 Å². The van der Waals surface area contributed by atoms with E-state index in [0.29, 0.717) is 31.6 Å². The third-order valence-corrected chi connectivity index (χ3v) is 5.80. The highest BCUT2D eigenvalue weighted by Crippen LogP contribution is 2.33. The summed E-state index contributed by atoms with van der Waals surface area (Å²) in [7, 11) is 0. The van der Waals surface area contributed by atoms with Gasteiger partial charge in [-0.1, -0.05) is 57.2 Å². The Bertz CT molecular complexity index is 1060. The Balaban J connectivity index is 2.04. The molecule has 0 bridgehead atoms. The molecule has 34 heavy (non-hydrogen) atoms. The summed E-state index contributed by atoms with van der Waals surface area (Å²) in [4.78, 5) is 24.1. The molecule has 0 heterocycles. The van der Waals surface area contributed by atoms with Gasteiger partial charge < -0.3 is 9.47 Å². The third-order valence-electron chi connectivity index (χ3n) is 3.71. The molecule has 0 atom stereocenters. The summed E-state index contributed by atoms with van der Waals surface area (Å²) in [6.45, 7) is 7.79. The summed E-state index contributed by atoms with van der Waals surface area (Å²) in [5.41, 5.74) is 5.42. The third kappa shape index (κ3) is 8.49. The van der Waals surface area contributed by atoms with Crippen LogP contribution in [0.3, 0.4) is 0 Å². The highest BCUT2D eigenvalue weighted by molar-refractivity contribution is 9.11. The molecule has 2 aromatic carbocycles. The highest BCUT2D eigenvalue weighted by Gasteiger charge is 2.13. The smallest absolute Gasteiger partial charge is 0.331 e. The first-order valence-electron chi connectivity index (χ1n) is 9.38. The number of rotatable bonds is 10. The molecular formula is C22H18Br4N4O4. The molecule has 0 fully saturated rings. The molecule has 0 aliphatic heterocycles. The highest BCUT2D eigenvalue weighted by atomic mass is 79.9. The van der Waals surface area contributed by atoms with Crippen LogP contribution in [-0.4, -0.2) is 37.5 Å². The number of nitrogens with zero attached hydrogens (tertiary/aromatic N) is 2. The van der Waals surface area contributed by atoms with E-state index >= 15 is 0 Å². The van der Waals surface area contributed by atoms with Crippen LogP contribution in [0.1, 0.15) is 11.1 Å². The van der Waals surface area contributed by atoms with Crippen molar-refractivity contribution < 1.29 is 19.1 Å². The average molecular weight is 722 g/mol. The molecule has 178 valence electrons. The first-order valence-corrected chi connectivity index (χ1v) is 12.6. The standard InChI is InChI=1S/C22H18Br4N4O4/c1-3-5-33-19-13(7-15(23)9-17(19)25)11-27-29-21(31)22(32)30-28-12-14-8-16(24)10-18(26)20(14)34-6-4-2/h3-4,7-12H,1-2,5-6H2,(H,29,31)(H,30,32). The number of amides is 2. The van der Waals surface area contributed by atoms with Crippen LogP contribution in [0.5, 0.6) is 11.5 Å². The maximum Gasteiger partial charge on any atom is 0.331 e. The van der Waals surface area contributed by atoms with Crippen LogP contribution in [0.15, 0.2) is 77.7 Å². The SMILES string of the molecule is C=CCOc1c(Br)cc(Br)cc1C=NNC(=O)C(=O)NN=Cc1cc(Br)cc(Br)c1OCC=C. The van der Waals surface area contributed by atoms with Crippen LogP contribution < -0.4 is 20.3 Å². The molecule has 0 saturated heterocycles. The van der Waals surface area contributed by atoms with Crippen molar-refractivity contribution in [3.8, 4) is 11.5 Å². The van der Waals surface area contributed by atoms with E-state index in [4.69, 9.17) is 9.47 Å². The Labute approximate surface area is 230 Å². The fourth-order valence-electron chi connectivity index (χ4n) is 2.36. The fourth-order valence-corrected chi connectivity index (χ4v) is 5.11. The van der Waals surface area contributed by atoms with Crippen molar-refractivity contribution in [3.05, 3.63) is 78.6 Å². The summed E-state index contributed by atoms with van der Waals surface area (Å²) in [6.07, 6.45) is 5.90. The molecular weight excluding hydrogens is 704 g/mol. The maximum absolute atomic E-state index is 12.1. The molecule has 0 unspecified atom stereocenters.